The summed E-state index contributed by atoms with van der Waals surface area (Å²) in [5.74, 6) is -0.980. The first-order valence-corrected chi connectivity index (χ1v) is 9.99. The van der Waals surface area contributed by atoms with Gasteiger partial charge in [0, 0.05) is 39.8 Å². The molecule has 5 amide bonds. The topological polar surface area (TPSA) is 121 Å². The number of hydrogen-bond acceptors (Lipinski definition) is 6. The largest absolute Gasteiger partial charge is 0.378 e. The number of carbonyl (C=O) groups excluding carboxylic acids is 4. The lowest BCUT2D eigenvalue weighted by Crippen LogP contribution is -2.65. The molecule has 11 nitrogen and oxygen atoms in total. The van der Waals surface area contributed by atoms with Crippen molar-refractivity contribution in [1.82, 2.24) is 25.3 Å². The molecule has 0 spiro atoms. The normalized spacial score (nSPS) is 25.4. The predicted molar refractivity (Wildman–Crippen MR) is 101 cm³/mol. The summed E-state index contributed by atoms with van der Waals surface area (Å²) in [4.78, 5) is 55.0. The molecule has 3 heterocycles. The number of morpholine rings is 1. The van der Waals surface area contributed by atoms with Crippen LogP contribution in [0.1, 0.15) is 12.8 Å². The van der Waals surface area contributed by atoms with Crippen molar-refractivity contribution in [1.29, 1.82) is 0 Å². The minimum Gasteiger partial charge on any atom is -0.378 e. The maximum absolute atomic E-state index is 13.0. The molecule has 0 aromatic heterocycles. The second kappa shape index (κ2) is 9.88. The number of carbonyl (C=O) groups is 4. The lowest BCUT2D eigenvalue weighted by Gasteiger charge is -2.42. The summed E-state index contributed by atoms with van der Waals surface area (Å²) in [6.45, 7) is 3.05. The number of hydrogen-bond donors (Lipinski definition) is 2. The van der Waals surface area contributed by atoms with Crippen molar-refractivity contribution in [2.24, 2.45) is 0 Å². The monoisotopic (exact) mass is 411 g/mol. The maximum Gasteiger partial charge on any atom is 0.320 e. The molecule has 162 valence electrons. The van der Waals surface area contributed by atoms with Gasteiger partial charge < -0.3 is 34.8 Å². The molecule has 0 bridgehead atoms. The molecular formula is C18H29N5O6. The average molecular weight is 411 g/mol. The molecule has 0 radical (unpaired) electrons. The minimum atomic E-state index is -0.869. The fourth-order valence-corrected chi connectivity index (χ4v) is 3.82. The van der Waals surface area contributed by atoms with Gasteiger partial charge in [-0.25, -0.2) is 4.79 Å². The molecule has 0 aliphatic carbocycles. The quantitative estimate of drug-likeness (QED) is 0.552. The summed E-state index contributed by atoms with van der Waals surface area (Å²) in [6.07, 6.45) is 1.32. The number of amides is 5. The van der Waals surface area contributed by atoms with Crippen molar-refractivity contribution in [3.63, 3.8) is 0 Å². The molecule has 0 unspecified atom stereocenters. The number of piperazine rings is 1. The van der Waals surface area contributed by atoms with Crippen LogP contribution in [0.2, 0.25) is 0 Å². The molecule has 3 aliphatic heterocycles. The SMILES string of the molecule is COCC(=O)N1CCN(C(=O)N2CCOCC2)C[C@H]1C(=O)N[C@H]1CCCNC1=O. The summed E-state index contributed by atoms with van der Waals surface area (Å²) in [6, 6.07) is -1.66. The van der Waals surface area contributed by atoms with Crippen molar-refractivity contribution in [3.05, 3.63) is 0 Å². The zero-order valence-corrected chi connectivity index (χ0v) is 16.7. The highest BCUT2D eigenvalue weighted by atomic mass is 16.5. The van der Waals surface area contributed by atoms with Gasteiger partial charge >= 0.3 is 6.03 Å². The molecule has 11 heteroatoms. The van der Waals surface area contributed by atoms with Gasteiger partial charge in [-0.05, 0) is 12.8 Å². The van der Waals surface area contributed by atoms with Gasteiger partial charge in [0.15, 0.2) is 0 Å². The van der Waals surface area contributed by atoms with Crippen LogP contribution < -0.4 is 10.6 Å². The van der Waals surface area contributed by atoms with Gasteiger partial charge in [-0.3, -0.25) is 14.4 Å². The standard InChI is InChI=1S/C18H29N5O6/c1-28-12-15(24)23-6-5-22(18(27)21-7-9-29-10-8-21)11-14(23)17(26)20-13-3-2-4-19-16(13)25/h13-14H,2-12H2,1H3,(H,19,25)(H,20,26)/t13-,14-/m0/s1. The van der Waals surface area contributed by atoms with Gasteiger partial charge in [-0.1, -0.05) is 0 Å². The van der Waals surface area contributed by atoms with Crippen molar-refractivity contribution in [3.8, 4) is 0 Å². The molecule has 29 heavy (non-hydrogen) atoms. The summed E-state index contributed by atoms with van der Waals surface area (Å²) in [5.41, 5.74) is 0. The van der Waals surface area contributed by atoms with E-state index in [1.54, 1.807) is 9.80 Å². The third-order valence-electron chi connectivity index (χ3n) is 5.43. The third-order valence-corrected chi connectivity index (χ3v) is 5.43. The molecule has 3 rings (SSSR count). The zero-order valence-electron chi connectivity index (χ0n) is 16.7. The van der Waals surface area contributed by atoms with Crippen molar-refractivity contribution in [2.45, 2.75) is 24.9 Å². The van der Waals surface area contributed by atoms with Crippen molar-refractivity contribution in [2.75, 3.05) is 66.2 Å². The molecule has 2 N–H and O–H groups in total. The van der Waals surface area contributed by atoms with Crippen LogP contribution >= 0.6 is 0 Å². The van der Waals surface area contributed by atoms with E-state index in [0.717, 1.165) is 6.42 Å². The molecule has 0 saturated carbocycles. The smallest absolute Gasteiger partial charge is 0.320 e. The van der Waals surface area contributed by atoms with E-state index < -0.39 is 18.0 Å². The van der Waals surface area contributed by atoms with Crippen LogP contribution in [-0.4, -0.2) is 117 Å². The summed E-state index contributed by atoms with van der Waals surface area (Å²) in [5, 5.41) is 5.47. The van der Waals surface area contributed by atoms with Gasteiger partial charge in [0.2, 0.25) is 17.7 Å². The molecule has 0 aromatic rings. The Kier molecular flexibility index (Phi) is 7.26. The number of piperidine rings is 1. The second-order valence-electron chi connectivity index (χ2n) is 7.36. The van der Waals surface area contributed by atoms with Gasteiger partial charge in [0.05, 0.1) is 19.8 Å². The van der Waals surface area contributed by atoms with E-state index in [-0.39, 0.29) is 37.5 Å². The first-order valence-electron chi connectivity index (χ1n) is 9.99. The van der Waals surface area contributed by atoms with E-state index in [1.165, 1.54) is 12.0 Å². The molecule has 3 fully saturated rings. The Morgan fingerprint density at radius 2 is 1.93 bits per heavy atom. The van der Waals surface area contributed by atoms with Crippen molar-refractivity contribution >= 4 is 23.8 Å². The van der Waals surface area contributed by atoms with Gasteiger partial charge in [0.1, 0.15) is 18.7 Å². The van der Waals surface area contributed by atoms with E-state index in [1.807, 2.05) is 0 Å². The number of nitrogens with zero attached hydrogens (tertiary/aromatic N) is 3. The predicted octanol–water partition coefficient (Wildman–Crippen LogP) is -2.01. The highest BCUT2D eigenvalue weighted by Gasteiger charge is 2.39. The first kappa shape index (κ1) is 21.3. The Bertz CT molecular complexity index is 638. The highest BCUT2D eigenvalue weighted by molar-refractivity contribution is 5.93. The summed E-state index contributed by atoms with van der Waals surface area (Å²) >= 11 is 0. The fraction of sp³-hybridized carbons (Fsp3) is 0.778. The minimum absolute atomic E-state index is 0.0752. The van der Waals surface area contributed by atoms with E-state index >= 15 is 0 Å². The number of urea groups is 1. The van der Waals surface area contributed by atoms with Crippen LogP contribution in [0.15, 0.2) is 0 Å². The molecular weight excluding hydrogens is 382 g/mol. The van der Waals surface area contributed by atoms with E-state index in [4.69, 9.17) is 9.47 Å². The van der Waals surface area contributed by atoms with E-state index in [2.05, 4.69) is 10.6 Å². The zero-order chi connectivity index (χ0) is 20.8. The van der Waals surface area contributed by atoms with E-state index in [0.29, 0.717) is 45.8 Å². The van der Waals surface area contributed by atoms with E-state index in [9.17, 15) is 19.2 Å². The van der Waals surface area contributed by atoms with Crippen LogP contribution in [0.4, 0.5) is 4.79 Å². The first-order chi connectivity index (χ1) is 14.0. The highest BCUT2D eigenvalue weighted by Crippen LogP contribution is 2.15. The van der Waals surface area contributed by atoms with Crippen LogP contribution in [0.25, 0.3) is 0 Å². The van der Waals surface area contributed by atoms with Crippen molar-refractivity contribution < 1.29 is 28.7 Å². The lowest BCUT2D eigenvalue weighted by atomic mass is 10.1. The Balaban J connectivity index is 1.70. The molecule has 3 saturated heterocycles. The summed E-state index contributed by atoms with van der Waals surface area (Å²) < 4.78 is 10.2. The lowest BCUT2D eigenvalue weighted by molar-refractivity contribution is -0.147. The Morgan fingerprint density at radius 3 is 2.62 bits per heavy atom. The fourth-order valence-electron chi connectivity index (χ4n) is 3.82. The Labute approximate surface area is 169 Å². The number of rotatable bonds is 4. The number of methoxy groups -OCH3 is 1. The summed E-state index contributed by atoms with van der Waals surface area (Å²) in [7, 11) is 1.41. The average Bonchev–Trinajstić information content (AvgIpc) is 2.75. The number of ether oxygens (including phenoxy) is 2. The van der Waals surface area contributed by atoms with Gasteiger partial charge in [-0.2, -0.15) is 0 Å². The Hall–Kier alpha value is -2.40. The maximum atomic E-state index is 13.0. The Morgan fingerprint density at radius 1 is 1.17 bits per heavy atom. The van der Waals surface area contributed by atoms with Crippen LogP contribution in [0, 0.1) is 0 Å². The number of nitrogens with one attached hydrogen (secondary N) is 2. The molecule has 0 aromatic carbocycles. The third kappa shape index (κ3) is 5.15. The van der Waals surface area contributed by atoms with Crippen LogP contribution in [0.3, 0.4) is 0 Å². The molecule has 3 aliphatic rings. The van der Waals surface area contributed by atoms with Crippen LogP contribution in [0.5, 0.6) is 0 Å². The van der Waals surface area contributed by atoms with Gasteiger partial charge in [-0.15, -0.1) is 0 Å². The van der Waals surface area contributed by atoms with Gasteiger partial charge in [0.25, 0.3) is 0 Å². The molecule has 2 atom stereocenters. The van der Waals surface area contributed by atoms with Crippen LogP contribution in [-0.2, 0) is 23.9 Å². The second-order valence-corrected chi connectivity index (χ2v) is 7.36.